The van der Waals surface area contributed by atoms with Gasteiger partial charge < -0.3 is 27.4 Å². The Morgan fingerprint density at radius 1 is 1.11 bits per heavy atom. The number of primary amides is 1. The van der Waals surface area contributed by atoms with Crippen LogP contribution in [0.4, 0.5) is 0 Å². The van der Waals surface area contributed by atoms with Crippen molar-refractivity contribution >= 4 is 17.7 Å². The zero-order valence-corrected chi connectivity index (χ0v) is 11.2. The first-order valence-corrected chi connectivity index (χ1v) is 6.21. The van der Waals surface area contributed by atoms with E-state index in [0.29, 0.717) is 19.4 Å². The second kappa shape index (κ2) is 10.3. The van der Waals surface area contributed by atoms with Crippen molar-refractivity contribution in [1.82, 2.24) is 16.0 Å². The van der Waals surface area contributed by atoms with Crippen molar-refractivity contribution in [2.24, 2.45) is 11.5 Å². The van der Waals surface area contributed by atoms with E-state index in [4.69, 9.17) is 11.5 Å². The monoisotopic (exact) mass is 273 g/mol. The highest BCUT2D eigenvalue weighted by Gasteiger charge is 2.17. The second-order valence-electron chi connectivity index (χ2n) is 4.11. The summed E-state index contributed by atoms with van der Waals surface area (Å²) in [6, 6.07) is -0.722. The fourth-order valence-electron chi connectivity index (χ4n) is 1.43. The third-order valence-corrected chi connectivity index (χ3v) is 2.41. The van der Waals surface area contributed by atoms with Crippen LogP contribution in [-0.4, -0.2) is 50.4 Å². The molecule has 0 aromatic rings. The number of carbonyl (C=O) groups excluding carboxylic acids is 3. The van der Waals surface area contributed by atoms with Crippen LogP contribution in [-0.2, 0) is 14.4 Å². The Hall–Kier alpha value is -1.67. The number of hydrogen-bond acceptors (Lipinski definition) is 5. The molecule has 0 aromatic carbocycles. The van der Waals surface area contributed by atoms with Gasteiger partial charge >= 0.3 is 0 Å². The SMILES string of the molecule is CNCC(=O)NCC(=O)N[C@@H](CCCCN)C(N)=O. The predicted molar refractivity (Wildman–Crippen MR) is 71.0 cm³/mol. The molecular formula is C11H23N5O3. The van der Waals surface area contributed by atoms with E-state index >= 15 is 0 Å². The van der Waals surface area contributed by atoms with Gasteiger partial charge in [0.15, 0.2) is 0 Å². The summed E-state index contributed by atoms with van der Waals surface area (Å²) < 4.78 is 0. The predicted octanol–water partition coefficient (Wildman–Crippen LogP) is -2.58. The van der Waals surface area contributed by atoms with E-state index in [-0.39, 0.29) is 19.0 Å². The van der Waals surface area contributed by atoms with Gasteiger partial charge in [0.2, 0.25) is 17.7 Å². The molecule has 0 rings (SSSR count). The topological polar surface area (TPSA) is 139 Å². The Balaban J connectivity index is 4.02. The molecule has 0 fully saturated rings. The van der Waals surface area contributed by atoms with E-state index in [1.807, 2.05) is 0 Å². The zero-order chi connectivity index (χ0) is 14.7. The van der Waals surface area contributed by atoms with Crippen LogP contribution in [0.15, 0.2) is 0 Å². The molecule has 7 N–H and O–H groups in total. The molecule has 0 spiro atoms. The average molecular weight is 273 g/mol. The van der Waals surface area contributed by atoms with E-state index < -0.39 is 17.9 Å². The summed E-state index contributed by atoms with van der Waals surface area (Å²) in [7, 11) is 1.63. The molecule has 3 amide bonds. The number of carbonyl (C=O) groups is 3. The zero-order valence-electron chi connectivity index (χ0n) is 11.2. The van der Waals surface area contributed by atoms with Crippen molar-refractivity contribution in [3.63, 3.8) is 0 Å². The first-order chi connectivity index (χ1) is 9.01. The molecule has 0 unspecified atom stereocenters. The van der Waals surface area contributed by atoms with Gasteiger partial charge in [0.25, 0.3) is 0 Å². The van der Waals surface area contributed by atoms with E-state index in [1.54, 1.807) is 7.05 Å². The minimum Gasteiger partial charge on any atom is -0.368 e. The van der Waals surface area contributed by atoms with Crippen molar-refractivity contribution in [3.05, 3.63) is 0 Å². The van der Waals surface area contributed by atoms with E-state index in [1.165, 1.54) is 0 Å². The van der Waals surface area contributed by atoms with Gasteiger partial charge in [-0.05, 0) is 32.9 Å². The first-order valence-electron chi connectivity index (χ1n) is 6.21. The highest BCUT2D eigenvalue weighted by molar-refractivity contribution is 5.89. The third kappa shape index (κ3) is 8.97. The highest BCUT2D eigenvalue weighted by Crippen LogP contribution is 1.99. The lowest BCUT2D eigenvalue weighted by Gasteiger charge is -2.15. The van der Waals surface area contributed by atoms with Gasteiger partial charge in [0.05, 0.1) is 13.1 Å². The van der Waals surface area contributed by atoms with Crippen LogP contribution >= 0.6 is 0 Å². The van der Waals surface area contributed by atoms with Crippen LogP contribution < -0.4 is 27.4 Å². The largest absolute Gasteiger partial charge is 0.368 e. The molecule has 110 valence electrons. The maximum atomic E-state index is 11.5. The Morgan fingerprint density at radius 2 is 1.79 bits per heavy atom. The lowest BCUT2D eigenvalue weighted by molar-refractivity contribution is -0.128. The van der Waals surface area contributed by atoms with Crippen LogP contribution in [0.2, 0.25) is 0 Å². The quantitative estimate of drug-likeness (QED) is 0.278. The number of hydrogen-bond donors (Lipinski definition) is 5. The van der Waals surface area contributed by atoms with Crippen LogP contribution in [0.1, 0.15) is 19.3 Å². The molecule has 0 bridgehead atoms. The Labute approximate surface area is 112 Å². The average Bonchev–Trinajstić information content (AvgIpc) is 2.35. The van der Waals surface area contributed by atoms with E-state index in [9.17, 15) is 14.4 Å². The molecule has 0 saturated heterocycles. The second-order valence-corrected chi connectivity index (χ2v) is 4.11. The van der Waals surface area contributed by atoms with Crippen molar-refractivity contribution in [3.8, 4) is 0 Å². The van der Waals surface area contributed by atoms with Crippen molar-refractivity contribution in [1.29, 1.82) is 0 Å². The molecule has 1 atom stereocenters. The van der Waals surface area contributed by atoms with Gasteiger partial charge in [-0.1, -0.05) is 0 Å². The fourth-order valence-corrected chi connectivity index (χ4v) is 1.43. The number of unbranched alkanes of at least 4 members (excludes halogenated alkanes) is 1. The van der Waals surface area contributed by atoms with Gasteiger partial charge in [-0.3, -0.25) is 14.4 Å². The summed E-state index contributed by atoms with van der Waals surface area (Å²) in [4.78, 5) is 33.8. The summed E-state index contributed by atoms with van der Waals surface area (Å²) in [5.74, 6) is -1.33. The molecule has 19 heavy (non-hydrogen) atoms. The van der Waals surface area contributed by atoms with Crippen molar-refractivity contribution < 1.29 is 14.4 Å². The molecule has 8 nitrogen and oxygen atoms in total. The minimum atomic E-state index is -0.722. The number of likely N-dealkylation sites (N-methyl/N-ethyl adjacent to an activating group) is 1. The van der Waals surface area contributed by atoms with Gasteiger partial charge in [-0.2, -0.15) is 0 Å². The lowest BCUT2D eigenvalue weighted by Crippen LogP contribution is -2.48. The molecule has 0 aliphatic carbocycles. The van der Waals surface area contributed by atoms with Crippen molar-refractivity contribution in [2.45, 2.75) is 25.3 Å². The van der Waals surface area contributed by atoms with Gasteiger partial charge in [0.1, 0.15) is 6.04 Å². The molecule has 0 saturated carbocycles. The molecule has 8 heteroatoms. The highest BCUT2D eigenvalue weighted by atomic mass is 16.2. The summed E-state index contributed by atoms with van der Waals surface area (Å²) in [6.45, 7) is 0.476. The molecule has 0 heterocycles. The summed E-state index contributed by atoms with van der Waals surface area (Å²) >= 11 is 0. The van der Waals surface area contributed by atoms with Gasteiger partial charge in [-0.25, -0.2) is 0 Å². The van der Waals surface area contributed by atoms with E-state index in [0.717, 1.165) is 6.42 Å². The van der Waals surface area contributed by atoms with E-state index in [2.05, 4.69) is 16.0 Å². The standard InChI is InChI=1S/C11H23N5O3/c1-14-6-9(17)15-7-10(18)16-8(11(13)19)4-2-3-5-12/h8,14H,2-7,12H2,1H3,(H2,13,19)(H,15,17)(H,16,18)/t8-/m0/s1. The van der Waals surface area contributed by atoms with Crippen LogP contribution in [0, 0.1) is 0 Å². The molecule has 0 radical (unpaired) electrons. The van der Waals surface area contributed by atoms with Gasteiger partial charge in [0, 0.05) is 0 Å². The number of rotatable bonds is 10. The molecule has 0 aliphatic rings. The maximum absolute atomic E-state index is 11.5. The summed E-state index contributed by atoms with van der Waals surface area (Å²) in [5.41, 5.74) is 10.5. The summed E-state index contributed by atoms with van der Waals surface area (Å²) in [6.07, 6.45) is 1.91. The van der Waals surface area contributed by atoms with Crippen LogP contribution in [0.5, 0.6) is 0 Å². The third-order valence-electron chi connectivity index (χ3n) is 2.41. The first kappa shape index (κ1) is 17.3. The van der Waals surface area contributed by atoms with Crippen LogP contribution in [0.25, 0.3) is 0 Å². The van der Waals surface area contributed by atoms with Crippen LogP contribution in [0.3, 0.4) is 0 Å². The number of nitrogens with two attached hydrogens (primary N) is 2. The molecular weight excluding hydrogens is 250 g/mol. The molecule has 0 aliphatic heterocycles. The Bertz CT molecular complexity index is 309. The Morgan fingerprint density at radius 3 is 2.32 bits per heavy atom. The van der Waals surface area contributed by atoms with Gasteiger partial charge in [-0.15, -0.1) is 0 Å². The minimum absolute atomic E-state index is 0.128. The lowest BCUT2D eigenvalue weighted by atomic mass is 10.1. The smallest absolute Gasteiger partial charge is 0.240 e. The van der Waals surface area contributed by atoms with Crippen molar-refractivity contribution in [2.75, 3.05) is 26.7 Å². The molecule has 0 aromatic heterocycles. The summed E-state index contributed by atoms with van der Waals surface area (Å²) in [5, 5.41) is 7.55. The number of amides is 3. The Kier molecular flexibility index (Phi) is 9.37. The normalized spacial score (nSPS) is 11.7. The fraction of sp³-hybridized carbons (Fsp3) is 0.727. The maximum Gasteiger partial charge on any atom is 0.240 e. The number of nitrogens with one attached hydrogen (secondary N) is 3.